The molecule has 26 heavy (non-hydrogen) atoms. The molecule has 4 nitrogen and oxygen atoms in total. The van der Waals surface area contributed by atoms with Gasteiger partial charge in [0.05, 0.1) is 0 Å². The van der Waals surface area contributed by atoms with E-state index in [-0.39, 0.29) is 12.5 Å². The van der Waals surface area contributed by atoms with Crippen LogP contribution in [0.5, 0.6) is 5.75 Å². The highest BCUT2D eigenvalue weighted by Gasteiger charge is 2.23. The molecule has 1 saturated heterocycles. The lowest BCUT2D eigenvalue weighted by Gasteiger charge is -2.37. The summed E-state index contributed by atoms with van der Waals surface area (Å²) in [5, 5.41) is 0.654. The van der Waals surface area contributed by atoms with E-state index in [0.717, 1.165) is 26.2 Å². The largest absolute Gasteiger partial charge is 0.484 e. The molecule has 0 radical (unpaired) electrons. The Kier molecular flexibility index (Phi) is 5.72. The first-order chi connectivity index (χ1) is 12.4. The van der Waals surface area contributed by atoms with Crippen LogP contribution in [0.15, 0.2) is 36.4 Å². The number of piperazine rings is 1. The third-order valence-electron chi connectivity index (χ3n) is 4.76. The van der Waals surface area contributed by atoms with Crippen LogP contribution in [0.3, 0.4) is 0 Å². The summed E-state index contributed by atoms with van der Waals surface area (Å²) < 4.78 is 5.58. The maximum absolute atomic E-state index is 12.4. The van der Waals surface area contributed by atoms with Gasteiger partial charge in [-0.3, -0.25) is 4.79 Å². The smallest absolute Gasteiger partial charge is 0.260 e. The quantitative estimate of drug-likeness (QED) is 0.813. The number of aryl methyl sites for hydroxylation is 3. The second kappa shape index (κ2) is 8.00. The van der Waals surface area contributed by atoms with E-state index in [2.05, 4.69) is 37.8 Å². The van der Waals surface area contributed by atoms with Gasteiger partial charge in [-0.2, -0.15) is 0 Å². The van der Waals surface area contributed by atoms with Crippen molar-refractivity contribution < 1.29 is 9.53 Å². The van der Waals surface area contributed by atoms with Gasteiger partial charge in [0.2, 0.25) is 0 Å². The predicted octanol–water partition coefficient (Wildman–Crippen LogP) is 3.99. The van der Waals surface area contributed by atoms with E-state index in [9.17, 15) is 4.79 Å². The number of hydrogen-bond donors (Lipinski definition) is 0. The van der Waals surface area contributed by atoms with Gasteiger partial charge in [0, 0.05) is 36.9 Å². The van der Waals surface area contributed by atoms with Gasteiger partial charge in [0.1, 0.15) is 5.75 Å². The lowest BCUT2D eigenvalue weighted by Crippen LogP contribution is -2.50. The van der Waals surface area contributed by atoms with Crippen LogP contribution in [-0.2, 0) is 4.79 Å². The second-order valence-corrected chi connectivity index (χ2v) is 7.29. The molecule has 1 fully saturated rings. The number of rotatable bonds is 4. The van der Waals surface area contributed by atoms with Crippen molar-refractivity contribution >= 4 is 23.2 Å². The van der Waals surface area contributed by atoms with Crippen LogP contribution in [0.1, 0.15) is 16.7 Å². The third kappa shape index (κ3) is 4.31. The fourth-order valence-corrected chi connectivity index (χ4v) is 3.74. The Morgan fingerprint density at radius 3 is 2.15 bits per heavy atom. The van der Waals surface area contributed by atoms with Crippen LogP contribution in [-0.4, -0.2) is 43.6 Å². The first kappa shape index (κ1) is 18.6. The average molecular weight is 373 g/mol. The number of anilines is 1. The van der Waals surface area contributed by atoms with Crippen molar-refractivity contribution in [3.8, 4) is 5.75 Å². The zero-order valence-electron chi connectivity index (χ0n) is 15.6. The van der Waals surface area contributed by atoms with Crippen molar-refractivity contribution in [2.75, 3.05) is 37.7 Å². The van der Waals surface area contributed by atoms with Crippen LogP contribution in [0.2, 0.25) is 5.02 Å². The monoisotopic (exact) mass is 372 g/mol. The lowest BCUT2D eigenvalue weighted by molar-refractivity contribution is -0.133. The molecule has 2 aromatic carbocycles. The molecule has 1 aliphatic heterocycles. The van der Waals surface area contributed by atoms with Crippen LogP contribution in [0.4, 0.5) is 5.69 Å². The zero-order chi connectivity index (χ0) is 18.7. The van der Waals surface area contributed by atoms with E-state index in [1.54, 1.807) is 24.3 Å². The average Bonchev–Trinajstić information content (AvgIpc) is 2.61. The Balaban J connectivity index is 1.55. The normalized spacial score (nSPS) is 14.5. The number of carbonyl (C=O) groups excluding carboxylic acids is 1. The van der Waals surface area contributed by atoms with Crippen molar-refractivity contribution in [1.82, 2.24) is 4.90 Å². The summed E-state index contributed by atoms with van der Waals surface area (Å²) in [7, 11) is 0. The molecule has 2 aromatic rings. The van der Waals surface area contributed by atoms with Crippen molar-refractivity contribution in [3.63, 3.8) is 0 Å². The van der Waals surface area contributed by atoms with Gasteiger partial charge in [0.25, 0.3) is 5.91 Å². The Bertz CT molecular complexity index is 758. The van der Waals surface area contributed by atoms with Gasteiger partial charge in [-0.15, -0.1) is 0 Å². The summed E-state index contributed by atoms with van der Waals surface area (Å²) in [5.74, 6) is 0.684. The topological polar surface area (TPSA) is 32.8 Å². The van der Waals surface area contributed by atoms with Crippen molar-refractivity contribution in [1.29, 1.82) is 0 Å². The number of hydrogen-bond acceptors (Lipinski definition) is 3. The maximum Gasteiger partial charge on any atom is 0.260 e. The second-order valence-electron chi connectivity index (χ2n) is 6.86. The molecule has 1 heterocycles. The lowest BCUT2D eigenvalue weighted by atomic mass is 10.0. The molecule has 5 heteroatoms. The van der Waals surface area contributed by atoms with E-state index in [1.165, 1.54) is 22.4 Å². The molecule has 0 aliphatic carbocycles. The Hall–Kier alpha value is -2.20. The molecule has 0 saturated carbocycles. The van der Waals surface area contributed by atoms with Crippen molar-refractivity contribution in [2.24, 2.45) is 0 Å². The Labute approximate surface area is 160 Å². The number of halogens is 1. The molecule has 0 N–H and O–H groups in total. The zero-order valence-corrected chi connectivity index (χ0v) is 16.3. The summed E-state index contributed by atoms with van der Waals surface area (Å²) >= 11 is 5.86. The van der Waals surface area contributed by atoms with Crippen LogP contribution >= 0.6 is 11.6 Å². The minimum Gasteiger partial charge on any atom is -0.484 e. The van der Waals surface area contributed by atoms with Crippen LogP contribution in [0, 0.1) is 20.8 Å². The SMILES string of the molecule is Cc1cc(C)c(N2CCN(C(=O)COc3ccc(Cl)cc3)CC2)c(C)c1. The highest BCUT2D eigenvalue weighted by molar-refractivity contribution is 6.30. The molecule has 3 rings (SSSR count). The van der Waals surface area contributed by atoms with Gasteiger partial charge in [-0.1, -0.05) is 29.3 Å². The summed E-state index contributed by atoms with van der Waals surface area (Å²) in [4.78, 5) is 16.7. The standard InChI is InChI=1S/C21H25ClN2O2/c1-15-12-16(2)21(17(3)13-15)24-10-8-23(9-11-24)20(25)14-26-19-6-4-18(22)5-7-19/h4-7,12-13H,8-11,14H2,1-3H3. The fraction of sp³-hybridized carbons (Fsp3) is 0.381. The molecule has 0 atom stereocenters. The first-order valence-corrected chi connectivity index (χ1v) is 9.31. The molecule has 0 bridgehead atoms. The molecular weight excluding hydrogens is 348 g/mol. The van der Waals surface area contributed by atoms with Gasteiger partial charge >= 0.3 is 0 Å². The van der Waals surface area contributed by atoms with Gasteiger partial charge in [-0.05, 0) is 56.2 Å². The highest BCUT2D eigenvalue weighted by Crippen LogP contribution is 2.27. The van der Waals surface area contributed by atoms with E-state index < -0.39 is 0 Å². The number of carbonyl (C=O) groups is 1. The summed E-state index contributed by atoms with van der Waals surface area (Å²) in [5.41, 5.74) is 5.19. The molecule has 1 amide bonds. The van der Waals surface area contributed by atoms with Crippen LogP contribution < -0.4 is 9.64 Å². The van der Waals surface area contributed by atoms with E-state index in [1.807, 2.05) is 4.90 Å². The summed E-state index contributed by atoms with van der Waals surface area (Å²) in [6.45, 7) is 9.63. The highest BCUT2D eigenvalue weighted by atomic mass is 35.5. The Morgan fingerprint density at radius 2 is 1.58 bits per heavy atom. The fourth-order valence-electron chi connectivity index (χ4n) is 3.62. The number of ether oxygens (including phenoxy) is 1. The third-order valence-corrected chi connectivity index (χ3v) is 5.01. The summed E-state index contributed by atoms with van der Waals surface area (Å²) in [6.07, 6.45) is 0. The minimum atomic E-state index is 0.0250. The predicted molar refractivity (Wildman–Crippen MR) is 106 cm³/mol. The minimum absolute atomic E-state index is 0.0250. The van der Waals surface area contributed by atoms with Crippen molar-refractivity contribution in [2.45, 2.75) is 20.8 Å². The molecule has 1 aliphatic rings. The van der Waals surface area contributed by atoms with Gasteiger partial charge in [-0.25, -0.2) is 0 Å². The number of amides is 1. The van der Waals surface area contributed by atoms with Gasteiger partial charge < -0.3 is 14.5 Å². The summed E-state index contributed by atoms with van der Waals surface area (Å²) in [6, 6.07) is 11.5. The molecular formula is C21H25ClN2O2. The van der Waals surface area contributed by atoms with Crippen LogP contribution in [0.25, 0.3) is 0 Å². The van der Waals surface area contributed by atoms with Crippen molar-refractivity contribution in [3.05, 3.63) is 58.1 Å². The number of benzene rings is 2. The number of nitrogens with zero attached hydrogens (tertiary/aromatic N) is 2. The van der Waals surface area contributed by atoms with E-state index >= 15 is 0 Å². The molecule has 0 spiro atoms. The molecule has 0 aromatic heterocycles. The van der Waals surface area contributed by atoms with E-state index in [0.29, 0.717) is 10.8 Å². The first-order valence-electron chi connectivity index (χ1n) is 8.93. The van der Waals surface area contributed by atoms with E-state index in [4.69, 9.17) is 16.3 Å². The molecule has 138 valence electrons. The Morgan fingerprint density at radius 1 is 1.00 bits per heavy atom. The van der Waals surface area contributed by atoms with Gasteiger partial charge in [0.15, 0.2) is 6.61 Å². The molecule has 0 unspecified atom stereocenters. The maximum atomic E-state index is 12.4.